The minimum absolute atomic E-state index is 0.0773. The van der Waals surface area contributed by atoms with E-state index in [0.717, 1.165) is 37.5 Å². The number of aliphatic hydroxyl groups is 2. The van der Waals surface area contributed by atoms with E-state index in [4.69, 9.17) is 0 Å². The van der Waals surface area contributed by atoms with Crippen LogP contribution in [0.4, 0.5) is 0 Å². The van der Waals surface area contributed by atoms with Crippen molar-refractivity contribution in [1.82, 2.24) is 0 Å². The van der Waals surface area contributed by atoms with Gasteiger partial charge in [0.15, 0.2) is 5.78 Å². The molecule has 118 valence electrons. The molecule has 0 amide bonds. The summed E-state index contributed by atoms with van der Waals surface area (Å²) in [5, 5.41) is 20.0. The summed E-state index contributed by atoms with van der Waals surface area (Å²) in [7, 11) is 0. The second kappa shape index (κ2) is 4.79. The Kier molecular flexibility index (Phi) is 3.24. The largest absolute Gasteiger partial charge is 0.393 e. The smallest absolute Gasteiger partial charge is 0.167 e. The first-order valence-corrected chi connectivity index (χ1v) is 8.91. The van der Waals surface area contributed by atoms with E-state index in [1.165, 1.54) is 19.3 Å². The summed E-state index contributed by atoms with van der Waals surface area (Å²) in [6.07, 6.45) is 7.62. The fourth-order valence-corrected chi connectivity index (χ4v) is 6.62. The van der Waals surface area contributed by atoms with Crippen LogP contribution in [-0.4, -0.2) is 28.2 Å². The standard InChI is InChI=1S/C18H28O3/c1-18-7-6-13-12-5-3-11(19)8-10(12)2-4-14(13)15(18)9-16(20)17(18)21/h10-16,19-20H,2-9H2,1H3/t10-,11-,12?,13+,14+,15-,16-,18-/m0/s1. The maximum atomic E-state index is 12.4. The lowest BCUT2D eigenvalue weighted by Crippen LogP contribution is -2.49. The zero-order chi connectivity index (χ0) is 14.8. The molecule has 3 heteroatoms. The Morgan fingerprint density at radius 3 is 2.52 bits per heavy atom. The number of rotatable bonds is 0. The Balaban J connectivity index is 1.59. The van der Waals surface area contributed by atoms with Gasteiger partial charge < -0.3 is 10.2 Å². The lowest BCUT2D eigenvalue weighted by Gasteiger charge is -2.54. The summed E-state index contributed by atoms with van der Waals surface area (Å²) in [4.78, 5) is 12.4. The van der Waals surface area contributed by atoms with Gasteiger partial charge in [-0.25, -0.2) is 0 Å². The van der Waals surface area contributed by atoms with Crippen molar-refractivity contribution >= 4 is 5.78 Å². The van der Waals surface area contributed by atoms with Gasteiger partial charge in [0.05, 0.1) is 6.10 Å². The van der Waals surface area contributed by atoms with Gasteiger partial charge in [-0.3, -0.25) is 4.79 Å². The number of Topliss-reactive ketones (excluding diaryl/α,β-unsaturated/α-hetero) is 1. The van der Waals surface area contributed by atoms with Crippen molar-refractivity contribution in [2.24, 2.45) is 35.0 Å². The molecule has 1 unspecified atom stereocenters. The number of carbonyl (C=O) groups excluding carboxylic acids is 1. The average molecular weight is 292 g/mol. The molecule has 4 saturated carbocycles. The maximum Gasteiger partial charge on any atom is 0.167 e. The van der Waals surface area contributed by atoms with Gasteiger partial charge in [0.1, 0.15) is 6.10 Å². The number of ketones is 1. The van der Waals surface area contributed by atoms with Gasteiger partial charge in [-0.1, -0.05) is 6.92 Å². The van der Waals surface area contributed by atoms with Gasteiger partial charge in [0, 0.05) is 5.41 Å². The Morgan fingerprint density at radius 1 is 0.952 bits per heavy atom. The summed E-state index contributed by atoms with van der Waals surface area (Å²) in [6.45, 7) is 2.11. The third-order valence-corrected chi connectivity index (χ3v) is 7.66. The van der Waals surface area contributed by atoms with Crippen molar-refractivity contribution in [3.8, 4) is 0 Å². The molecule has 4 aliphatic carbocycles. The maximum absolute atomic E-state index is 12.4. The first-order chi connectivity index (χ1) is 10.0. The van der Waals surface area contributed by atoms with Crippen LogP contribution in [0.3, 0.4) is 0 Å². The van der Waals surface area contributed by atoms with Crippen LogP contribution in [0.1, 0.15) is 58.3 Å². The minimum Gasteiger partial charge on any atom is -0.393 e. The monoisotopic (exact) mass is 292 g/mol. The van der Waals surface area contributed by atoms with Crippen LogP contribution in [0, 0.1) is 35.0 Å². The second-order valence-corrected chi connectivity index (χ2v) is 8.47. The van der Waals surface area contributed by atoms with Crippen LogP contribution in [0.15, 0.2) is 0 Å². The molecule has 0 bridgehead atoms. The van der Waals surface area contributed by atoms with Gasteiger partial charge in [-0.05, 0) is 81.0 Å². The Labute approximate surface area is 127 Å². The normalized spacial score (nSPS) is 56.5. The predicted octanol–water partition coefficient (Wildman–Crippen LogP) is 2.54. The quantitative estimate of drug-likeness (QED) is 0.721. The summed E-state index contributed by atoms with van der Waals surface area (Å²) in [5.74, 6) is 3.39. The Bertz CT molecular complexity index is 448. The van der Waals surface area contributed by atoms with E-state index in [1.54, 1.807) is 0 Å². The third-order valence-electron chi connectivity index (χ3n) is 7.66. The van der Waals surface area contributed by atoms with Crippen molar-refractivity contribution < 1.29 is 15.0 Å². The molecule has 0 aromatic carbocycles. The topological polar surface area (TPSA) is 57.5 Å². The molecule has 2 N–H and O–H groups in total. The number of carbonyl (C=O) groups is 1. The average Bonchev–Trinajstić information content (AvgIpc) is 2.70. The molecule has 21 heavy (non-hydrogen) atoms. The fraction of sp³-hybridized carbons (Fsp3) is 0.944. The summed E-state index contributed by atoms with van der Waals surface area (Å²) in [5.41, 5.74) is -0.248. The molecular weight excluding hydrogens is 264 g/mol. The minimum atomic E-state index is -0.704. The fourth-order valence-electron chi connectivity index (χ4n) is 6.62. The molecule has 0 heterocycles. The van der Waals surface area contributed by atoms with E-state index in [1.807, 2.05) is 0 Å². The summed E-state index contributed by atoms with van der Waals surface area (Å²) in [6, 6.07) is 0. The van der Waals surface area contributed by atoms with Gasteiger partial charge >= 0.3 is 0 Å². The van der Waals surface area contributed by atoms with Gasteiger partial charge in [-0.2, -0.15) is 0 Å². The van der Waals surface area contributed by atoms with Crippen LogP contribution in [0.2, 0.25) is 0 Å². The zero-order valence-electron chi connectivity index (χ0n) is 13.0. The van der Waals surface area contributed by atoms with Crippen LogP contribution in [-0.2, 0) is 4.79 Å². The van der Waals surface area contributed by atoms with E-state index in [2.05, 4.69) is 6.92 Å². The first kappa shape index (κ1) is 14.2. The van der Waals surface area contributed by atoms with Crippen LogP contribution in [0.5, 0.6) is 0 Å². The number of fused-ring (bicyclic) bond motifs is 5. The lowest BCUT2D eigenvalue weighted by atomic mass is 9.50. The van der Waals surface area contributed by atoms with Crippen molar-refractivity contribution in [1.29, 1.82) is 0 Å². The van der Waals surface area contributed by atoms with Crippen LogP contribution >= 0.6 is 0 Å². The Morgan fingerprint density at radius 2 is 1.71 bits per heavy atom. The highest BCUT2D eigenvalue weighted by Gasteiger charge is 2.59. The molecule has 8 atom stereocenters. The highest BCUT2D eigenvalue weighted by Crippen LogP contribution is 2.61. The zero-order valence-corrected chi connectivity index (χ0v) is 13.0. The summed E-state index contributed by atoms with van der Waals surface area (Å²) < 4.78 is 0. The van der Waals surface area contributed by atoms with Crippen LogP contribution < -0.4 is 0 Å². The molecule has 4 fully saturated rings. The van der Waals surface area contributed by atoms with Gasteiger partial charge in [0.25, 0.3) is 0 Å². The van der Waals surface area contributed by atoms with Crippen molar-refractivity contribution in [2.45, 2.75) is 70.5 Å². The molecular formula is C18H28O3. The third kappa shape index (κ3) is 1.96. The molecule has 0 aliphatic heterocycles. The van der Waals surface area contributed by atoms with Crippen LogP contribution in [0.25, 0.3) is 0 Å². The van der Waals surface area contributed by atoms with Crippen molar-refractivity contribution in [3.63, 3.8) is 0 Å². The second-order valence-electron chi connectivity index (χ2n) is 8.47. The summed E-state index contributed by atoms with van der Waals surface area (Å²) >= 11 is 0. The van der Waals surface area contributed by atoms with Crippen molar-refractivity contribution in [3.05, 3.63) is 0 Å². The molecule has 0 radical (unpaired) electrons. The number of aliphatic hydroxyl groups excluding tert-OH is 2. The highest BCUT2D eigenvalue weighted by atomic mass is 16.3. The lowest BCUT2D eigenvalue weighted by molar-refractivity contribution is -0.137. The van der Waals surface area contributed by atoms with E-state index in [-0.39, 0.29) is 17.3 Å². The van der Waals surface area contributed by atoms with Gasteiger partial charge in [0.2, 0.25) is 0 Å². The van der Waals surface area contributed by atoms with Gasteiger partial charge in [-0.15, -0.1) is 0 Å². The molecule has 3 nitrogen and oxygen atoms in total. The molecule has 4 rings (SSSR count). The molecule has 4 aliphatic rings. The highest BCUT2D eigenvalue weighted by molar-refractivity contribution is 5.91. The molecule has 0 saturated heterocycles. The number of hydrogen-bond acceptors (Lipinski definition) is 3. The molecule has 0 spiro atoms. The molecule has 0 aromatic heterocycles. The van der Waals surface area contributed by atoms with Crippen molar-refractivity contribution in [2.75, 3.05) is 0 Å². The van der Waals surface area contributed by atoms with E-state index < -0.39 is 6.10 Å². The van der Waals surface area contributed by atoms with E-state index in [0.29, 0.717) is 24.2 Å². The number of hydrogen-bond donors (Lipinski definition) is 2. The predicted molar refractivity (Wildman–Crippen MR) is 79.5 cm³/mol. The van der Waals surface area contributed by atoms with E-state index >= 15 is 0 Å². The van der Waals surface area contributed by atoms with E-state index in [9.17, 15) is 15.0 Å². The SMILES string of the molecule is C[C@]12CC[C@@H]3C4CC[C@H](O)C[C@@H]4CC[C@H]3[C@@H]1C[C@H](O)C2=O. The Hall–Kier alpha value is -0.410. The molecule has 0 aromatic rings. The first-order valence-electron chi connectivity index (χ1n) is 8.91.